The average Bonchev–Trinajstić information content (AvgIpc) is 2.48. The van der Waals surface area contributed by atoms with Gasteiger partial charge >= 0.3 is 6.09 Å². The van der Waals surface area contributed by atoms with Crippen LogP contribution in [0.25, 0.3) is 0 Å². The number of hydrogen-bond donors (Lipinski definition) is 2. The summed E-state index contributed by atoms with van der Waals surface area (Å²) < 4.78 is 5.00. The zero-order valence-corrected chi connectivity index (χ0v) is 12.6. The monoisotopic (exact) mass is 293 g/mol. The van der Waals surface area contributed by atoms with Crippen molar-refractivity contribution in [3.05, 3.63) is 35.9 Å². The first-order chi connectivity index (χ1) is 10.1. The minimum absolute atomic E-state index is 0.0738. The van der Waals surface area contributed by atoms with Crippen LogP contribution >= 0.6 is 0 Å². The molecule has 0 atom stereocenters. The minimum atomic E-state index is -0.595. The van der Waals surface area contributed by atoms with Crippen LogP contribution in [0.2, 0.25) is 0 Å². The van der Waals surface area contributed by atoms with Gasteiger partial charge in [-0.1, -0.05) is 30.3 Å². The Morgan fingerprint density at radius 1 is 1.14 bits per heavy atom. The fourth-order valence-corrected chi connectivity index (χ4v) is 1.61. The minimum Gasteiger partial charge on any atom is -0.445 e. The van der Waals surface area contributed by atoms with Crippen molar-refractivity contribution >= 4 is 12.0 Å². The van der Waals surface area contributed by atoms with Crippen LogP contribution < -0.4 is 10.6 Å². The summed E-state index contributed by atoms with van der Waals surface area (Å²) in [5.74, 6) is -0.217. The third-order valence-corrected chi connectivity index (χ3v) is 2.71. The number of ether oxygens (including phenoxy) is 1. The van der Waals surface area contributed by atoms with Gasteiger partial charge in [0, 0.05) is 6.54 Å². The van der Waals surface area contributed by atoms with Gasteiger partial charge in [-0.15, -0.1) is 0 Å². The molecule has 0 heterocycles. The summed E-state index contributed by atoms with van der Waals surface area (Å²) in [5, 5.41) is 5.15. The lowest BCUT2D eigenvalue weighted by Gasteiger charge is -2.10. The standard InChI is InChI=1S/C15H23N3O3/c1-18(2)10-6-9-16-14(19)11-17-15(20)21-12-13-7-4-3-5-8-13/h3-5,7-8H,6,9-12H2,1-2H3,(H,16,19)(H,17,20). The quantitative estimate of drug-likeness (QED) is 0.701. The van der Waals surface area contributed by atoms with E-state index in [4.69, 9.17) is 4.74 Å². The van der Waals surface area contributed by atoms with Gasteiger partial charge in [-0.2, -0.15) is 0 Å². The van der Waals surface area contributed by atoms with Crippen LogP contribution in [0.3, 0.4) is 0 Å². The van der Waals surface area contributed by atoms with Gasteiger partial charge in [0.05, 0.1) is 6.54 Å². The molecule has 0 aliphatic carbocycles. The smallest absolute Gasteiger partial charge is 0.407 e. The van der Waals surface area contributed by atoms with Crippen molar-refractivity contribution < 1.29 is 14.3 Å². The molecule has 2 N–H and O–H groups in total. The molecule has 0 fully saturated rings. The molecule has 0 saturated carbocycles. The Balaban J connectivity index is 2.08. The molecule has 0 saturated heterocycles. The summed E-state index contributed by atoms with van der Waals surface area (Å²) in [7, 11) is 3.96. The van der Waals surface area contributed by atoms with Crippen molar-refractivity contribution in [2.24, 2.45) is 0 Å². The molecule has 6 heteroatoms. The molecule has 0 spiro atoms. The van der Waals surface area contributed by atoms with E-state index in [1.807, 2.05) is 49.3 Å². The van der Waals surface area contributed by atoms with Gasteiger partial charge < -0.3 is 20.3 Å². The van der Waals surface area contributed by atoms with Crippen LogP contribution in [0.15, 0.2) is 30.3 Å². The zero-order chi connectivity index (χ0) is 15.5. The predicted octanol–water partition coefficient (Wildman–Crippen LogP) is 0.981. The molecule has 0 aliphatic rings. The fraction of sp³-hybridized carbons (Fsp3) is 0.467. The van der Waals surface area contributed by atoms with Crippen molar-refractivity contribution in [3.8, 4) is 0 Å². The Labute approximate surface area is 125 Å². The van der Waals surface area contributed by atoms with Crippen molar-refractivity contribution in [2.75, 3.05) is 33.7 Å². The summed E-state index contributed by atoms with van der Waals surface area (Å²) in [6, 6.07) is 9.37. The van der Waals surface area contributed by atoms with Crippen molar-refractivity contribution in [1.82, 2.24) is 15.5 Å². The van der Waals surface area contributed by atoms with Crippen LogP contribution in [0.4, 0.5) is 4.79 Å². The lowest BCUT2D eigenvalue weighted by atomic mass is 10.2. The first-order valence-electron chi connectivity index (χ1n) is 6.94. The molecule has 0 bridgehead atoms. The second-order valence-corrected chi connectivity index (χ2v) is 4.92. The van der Waals surface area contributed by atoms with Gasteiger partial charge in [0.1, 0.15) is 6.61 Å². The van der Waals surface area contributed by atoms with E-state index in [-0.39, 0.29) is 19.1 Å². The number of benzene rings is 1. The fourth-order valence-electron chi connectivity index (χ4n) is 1.61. The summed E-state index contributed by atoms with van der Waals surface area (Å²) in [6.45, 7) is 1.62. The van der Waals surface area contributed by atoms with E-state index in [1.165, 1.54) is 0 Å². The molecular weight excluding hydrogens is 270 g/mol. The van der Waals surface area contributed by atoms with E-state index in [9.17, 15) is 9.59 Å². The molecule has 0 aromatic heterocycles. The number of rotatable bonds is 8. The van der Waals surface area contributed by atoms with Crippen LogP contribution in [-0.4, -0.2) is 50.6 Å². The van der Waals surface area contributed by atoms with E-state index < -0.39 is 6.09 Å². The molecule has 21 heavy (non-hydrogen) atoms. The third-order valence-electron chi connectivity index (χ3n) is 2.71. The second kappa shape index (κ2) is 9.77. The largest absolute Gasteiger partial charge is 0.445 e. The molecule has 1 aromatic rings. The number of carbonyl (C=O) groups is 2. The van der Waals surface area contributed by atoms with Gasteiger partial charge in [-0.25, -0.2) is 4.79 Å². The van der Waals surface area contributed by atoms with E-state index >= 15 is 0 Å². The molecule has 2 amide bonds. The normalized spacial score (nSPS) is 10.2. The Morgan fingerprint density at radius 2 is 1.86 bits per heavy atom. The van der Waals surface area contributed by atoms with Crippen LogP contribution in [0.5, 0.6) is 0 Å². The van der Waals surface area contributed by atoms with Gasteiger partial charge in [0.15, 0.2) is 0 Å². The second-order valence-electron chi connectivity index (χ2n) is 4.92. The Bertz CT molecular complexity index is 435. The maximum absolute atomic E-state index is 11.5. The summed E-state index contributed by atoms with van der Waals surface area (Å²) in [6.07, 6.45) is 0.277. The summed E-state index contributed by atoms with van der Waals surface area (Å²) in [5.41, 5.74) is 0.904. The highest BCUT2D eigenvalue weighted by molar-refractivity contribution is 5.82. The molecule has 116 valence electrons. The molecule has 6 nitrogen and oxygen atoms in total. The van der Waals surface area contributed by atoms with E-state index in [0.29, 0.717) is 6.54 Å². The molecule has 1 aromatic carbocycles. The lowest BCUT2D eigenvalue weighted by Crippen LogP contribution is -2.38. The number of nitrogens with zero attached hydrogens (tertiary/aromatic N) is 1. The van der Waals surface area contributed by atoms with Crippen molar-refractivity contribution in [2.45, 2.75) is 13.0 Å². The highest BCUT2D eigenvalue weighted by Crippen LogP contribution is 2.00. The van der Waals surface area contributed by atoms with E-state index in [2.05, 4.69) is 10.6 Å². The van der Waals surface area contributed by atoms with E-state index in [1.54, 1.807) is 0 Å². The summed E-state index contributed by atoms with van der Waals surface area (Å²) >= 11 is 0. The third kappa shape index (κ3) is 8.65. The van der Waals surface area contributed by atoms with E-state index in [0.717, 1.165) is 18.5 Å². The van der Waals surface area contributed by atoms with Gasteiger partial charge in [-0.3, -0.25) is 4.79 Å². The highest BCUT2D eigenvalue weighted by Gasteiger charge is 2.06. The van der Waals surface area contributed by atoms with Crippen molar-refractivity contribution in [1.29, 1.82) is 0 Å². The van der Waals surface area contributed by atoms with Crippen LogP contribution in [0.1, 0.15) is 12.0 Å². The average molecular weight is 293 g/mol. The Morgan fingerprint density at radius 3 is 2.52 bits per heavy atom. The van der Waals surface area contributed by atoms with Gasteiger partial charge in [0.2, 0.25) is 5.91 Å². The molecule has 0 unspecified atom stereocenters. The number of carbonyl (C=O) groups excluding carboxylic acids is 2. The maximum atomic E-state index is 11.5. The number of hydrogen-bond acceptors (Lipinski definition) is 4. The highest BCUT2D eigenvalue weighted by atomic mass is 16.5. The number of alkyl carbamates (subject to hydrolysis) is 1. The number of amides is 2. The zero-order valence-electron chi connectivity index (χ0n) is 12.6. The van der Waals surface area contributed by atoms with Crippen LogP contribution in [0, 0.1) is 0 Å². The van der Waals surface area contributed by atoms with Gasteiger partial charge in [-0.05, 0) is 32.6 Å². The maximum Gasteiger partial charge on any atom is 0.407 e. The first-order valence-corrected chi connectivity index (χ1v) is 6.94. The SMILES string of the molecule is CN(C)CCCNC(=O)CNC(=O)OCc1ccccc1. The summed E-state index contributed by atoms with van der Waals surface area (Å²) in [4.78, 5) is 24.9. The molecule has 0 radical (unpaired) electrons. The van der Waals surface area contributed by atoms with Crippen LogP contribution in [-0.2, 0) is 16.1 Å². The number of nitrogens with one attached hydrogen (secondary N) is 2. The first kappa shape index (κ1) is 17.0. The Kier molecular flexibility index (Phi) is 7.89. The molecular formula is C15H23N3O3. The topological polar surface area (TPSA) is 70.7 Å². The van der Waals surface area contributed by atoms with Crippen molar-refractivity contribution in [3.63, 3.8) is 0 Å². The Hall–Kier alpha value is -2.08. The molecule has 0 aliphatic heterocycles. The molecule has 1 rings (SSSR count). The van der Waals surface area contributed by atoms with Gasteiger partial charge in [0.25, 0.3) is 0 Å². The predicted molar refractivity (Wildman–Crippen MR) is 80.8 cm³/mol. The lowest BCUT2D eigenvalue weighted by molar-refractivity contribution is -0.120.